The fraction of sp³-hybridized carbons (Fsp3) is 0.286. The lowest BCUT2D eigenvalue weighted by Gasteiger charge is -2.33. The third-order valence-corrected chi connectivity index (χ3v) is 3.61. The molecule has 1 N–H and O–H groups in total. The van der Waals surface area contributed by atoms with E-state index in [4.69, 9.17) is 16.3 Å². The van der Waals surface area contributed by atoms with E-state index >= 15 is 0 Å². The molecule has 0 fully saturated rings. The van der Waals surface area contributed by atoms with Gasteiger partial charge >= 0.3 is 12.0 Å². The Labute approximate surface area is 122 Å². The summed E-state index contributed by atoms with van der Waals surface area (Å²) < 4.78 is 4.82. The third kappa shape index (κ3) is 2.49. The second kappa shape index (κ2) is 5.54. The number of nitrogens with zero attached hydrogens (tertiary/aromatic N) is 1. The van der Waals surface area contributed by atoms with Crippen LogP contribution in [-0.2, 0) is 9.53 Å². The lowest BCUT2D eigenvalue weighted by Crippen LogP contribution is -2.46. The predicted molar refractivity (Wildman–Crippen MR) is 75.2 cm³/mol. The normalized spacial score (nSPS) is 18.9. The van der Waals surface area contributed by atoms with Gasteiger partial charge in [-0.05, 0) is 24.6 Å². The number of halogens is 1. The van der Waals surface area contributed by atoms with Gasteiger partial charge in [0.2, 0.25) is 0 Å². The van der Waals surface area contributed by atoms with Crippen LogP contribution in [0.15, 0.2) is 35.5 Å². The number of carbonyl (C=O) groups is 2. The SMILES string of the molecule is COC(=O)C1=C(C)N(C)C(=O)N[C@H]1c1ccc(Cl)cc1. The van der Waals surface area contributed by atoms with E-state index in [9.17, 15) is 9.59 Å². The standard InChI is InChI=1S/C14H15ClN2O3/c1-8-11(13(18)20-3)12(16-14(19)17(8)2)9-4-6-10(15)7-5-9/h4-7,12H,1-3H3,(H,16,19)/t12-/m0/s1. The first-order valence-electron chi connectivity index (χ1n) is 6.04. The number of nitrogens with one attached hydrogen (secondary N) is 1. The summed E-state index contributed by atoms with van der Waals surface area (Å²) in [5, 5.41) is 3.37. The van der Waals surface area contributed by atoms with Crippen molar-refractivity contribution in [3.63, 3.8) is 0 Å². The van der Waals surface area contributed by atoms with Crippen LogP contribution >= 0.6 is 11.6 Å². The van der Waals surface area contributed by atoms with Gasteiger partial charge in [-0.25, -0.2) is 9.59 Å². The van der Waals surface area contributed by atoms with Crippen LogP contribution in [0.5, 0.6) is 0 Å². The number of urea groups is 1. The smallest absolute Gasteiger partial charge is 0.337 e. The van der Waals surface area contributed by atoms with Gasteiger partial charge in [-0.1, -0.05) is 23.7 Å². The third-order valence-electron chi connectivity index (χ3n) is 3.36. The van der Waals surface area contributed by atoms with Crippen LogP contribution in [0.1, 0.15) is 18.5 Å². The molecule has 1 heterocycles. The highest BCUT2D eigenvalue weighted by molar-refractivity contribution is 6.30. The van der Waals surface area contributed by atoms with E-state index < -0.39 is 12.0 Å². The van der Waals surface area contributed by atoms with Crippen molar-refractivity contribution in [1.82, 2.24) is 10.2 Å². The molecule has 0 aromatic heterocycles. The van der Waals surface area contributed by atoms with Gasteiger partial charge in [-0.3, -0.25) is 0 Å². The van der Waals surface area contributed by atoms with E-state index in [0.29, 0.717) is 16.3 Å². The number of carbonyl (C=O) groups excluding carboxylic acids is 2. The Morgan fingerprint density at radius 1 is 1.35 bits per heavy atom. The molecule has 1 aromatic carbocycles. The molecule has 5 nitrogen and oxygen atoms in total. The predicted octanol–water partition coefficient (Wildman–Crippen LogP) is 2.48. The lowest BCUT2D eigenvalue weighted by atomic mass is 9.95. The molecule has 0 radical (unpaired) electrons. The first-order valence-corrected chi connectivity index (χ1v) is 6.42. The minimum Gasteiger partial charge on any atom is -0.466 e. The molecule has 1 atom stereocenters. The Kier molecular flexibility index (Phi) is 3.99. The Balaban J connectivity index is 2.51. The maximum atomic E-state index is 12.0. The van der Waals surface area contributed by atoms with Crippen LogP contribution in [0.2, 0.25) is 5.02 Å². The molecular weight excluding hydrogens is 280 g/mol. The summed E-state index contributed by atoms with van der Waals surface area (Å²) in [5.41, 5.74) is 1.76. The van der Waals surface area contributed by atoms with Gasteiger partial charge in [0.05, 0.1) is 18.7 Å². The van der Waals surface area contributed by atoms with E-state index in [1.165, 1.54) is 12.0 Å². The Morgan fingerprint density at radius 3 is 2.50 bits per heavy atom. The molecule has 6 heteroatoms. The zero-order valence-corrected chi connectivity index (χ0v) is 12.2. The molecule has 0 saturated carbocycles. The lowest BCUT2D eigenvalue weighted by molar-refractivity contribution is -0.136. The molecule has 2 amide bonds. The maximum absolute atomic E-state index is 12.0. The van der Waals surface area contributed by atoms with Gasteiger partial charge in [0.15, 0.2) is 0 Å². The summed E-state index contributed by atoms with van der Waals surface area (Å²) in [4.78, 5) is 25.3. The van der Waals surface area contributed by atoms with Crippen molar-refractivity contribution < 1.29 is 14.3 Å². The van der Waals surface area contributed by atoms with Gasteiger partial charge < -0.3 is 15.0 Å². The van der Waals surface area contributed by atoms with Crippen LogP contribution in [0.25, 0.3) is 0 Å². The number of benzene rings is 1. The summed E-state index contributed by atoms with van der Waals surface area (Å²) in [7, 11) is 2.92. The highest BCUT2D eigenvalue weighted by atomic mass is 35.5. The molecule has 1 aromatic rings. The van der Waals surface area contributed by atoms with Gasteiger partial charge in [0.25, 0.3) is 0 Å². The highest BCUT2D eigenvalue weighted by Crippen LogP contribution is 2.30. The average molecular weight is 295 g/mol. The van der Waals surface area contributed by atoms with E-state index in [1.54, 1.807) is 38.2 Å². The van der Waals surface area contributed by atoms with Crippen LogP contribution in [0, 0.1) is 0 Å². The van der Waals surface area contributed by atoms with E-state index in [-0.39, 0.29) is 6.03 Å². The summed E-state index contributed by atoms with van der Waals surface area (Å²) in [5.74, 6) is -0.464. The molecular formula is C14H15ClN2O3. The molecule has 106 valence electrons. The van der Waals surface area contributed by atoms with Crippen molar-refractivity contribution in [2.75, 3.05) is 14.2 Å². The fourth-order valence-corrected chi connectivity index (χ4v) is 2.24. The van der Waals surface area contributed by atoms with Crippen LogP contribution in [-0.4, -0.2) is 31.1 Å². The van der Waals surface area contributed by atoms with Crippen molar-refractivity contribution in [1.29, 1.82) is 0 Å². The summed E-state index contributed by atoms with van der Waals surface area (Å²) >= 11 is 5.86. The molecule has 1 aliphatic heterocycles. The molecule has 0 spiro atoms. The zero-order chi connectivity index (χ0) is 14.9. The first kappa shape index (κ1) is 14.4. The van der Waals surface area contributed by atoms with E-state index in [0.717, 1.165) is 5.56 Å². The van der Waals surface area contributed by atoms with Crippen molar-refractivity contribution in [2.24, 2.45) is 0 Å². The summed E-state index contributed by atoms with van der Waals surface area (Å²) in [6.45, 7) is 1.72. The van der Waals surface area contributed by atoms with Crippen molar-refractivity contribution >= 4 is 23.6 Å². The monoisotopic (exact) mass is 294 g/mol. The molecule has 0 aliphatic carbocycles. The highest BCUT2D eigenvalue weighted by Gasteiger charge is 2.34. The Bertz CT molecular complexity index is 581. The number of methoxy groups -OCH3 is 1. The molecule has 0 unspecified atom stereocenters. The zero-order valence-electron chi connectivity index (χ0n) is 11.4. The summed E-state index contributed by atoms with van der Waals surface area (Å²) in [6, 6.07) is 6.17. The second-order valence-electron chi connectivity index (χ2n) is 4.48. The van der Waals surface area contributed by atoms with Crippen molar-refractivity contribution in [2.45, 2.75) is 13.0 Å². The van der Waals surface area contributed by atoms with Crippen LogP contribution in [0.3, 0.4) is 0 Å². The average Bonchev–Trinajstić information content (AvgIpc) is 2.44. The van der Waals surface area contributed by atoms with Gasteiger partial charge in [0, 0.05) is 17.8 Å². The molecule has 2 rings (SSSR count). The largest absolute Gasteiger partial charge is 0.466 e. The minimum absolute atomic E-state index is 0.268. The number of rotatable bonds is 2. The van der Waals surface area contributed by atoms with Gasteiger partial charge in [0.1, 0.15) is 0 Å². The molecule has 0 saturated heterocycles. The fourth-order valence-electron chi connectivity index (χ4n) is 2.12. The van der Waals surface area contributed by atoms with Gasteiger partial charge in [-0.15, -0.1) is 0 Å². The van der Waals surface area contributed by atoms with Crippen molar-refractivity contribution in [3.05, 3.63) is 46.1 Å². The molecule has 20 heavy (non-hydrogen) atoms. The number of hydrogen-bond donors (Lipinski definition) is 1. The second-order valence-corrected chi connectivity index (χ2v) is 4.92. The number of hydrogen-bond acceptors (Lipinski definition) is 3. The molecule has 0 bridgehead atoms. The van der Waals surface area contributed by atoms with Crippen molar-refractivity contribution in [3.8, 4) is 0 Å². The molecule has 1 aliphatic rings. The van der Waals surface area contributed by atoms with E-state index in [2.05, 4.69) is 5.32 Å². The van der Waals surface area contributed by atoms with Crippen LogP contribution in [0.4, 0.5) is 4.79 Å². The Morgan fingerprint density at radius 2 is 1.95 bits per heavy atom. The number of ether oxygens (including phenoxy) is 1. The number of esters is 1. The number of allylic oxidation sites excluding steroid dienone is 1. The maximum Gasteiger partial charge on any atom is 0.337 e. The first-order chi connectivity index (χ1) is 9.45. The van der Waals surface area contributed by atoms with Gasteiger partial charge in [-0.2, -0.15) is 0 Å². The van der Waals surface area contributed by atoms with Crippen LogP contribution < -0.4 is 5.32 Å². The summed E-state index contributed by atoms with van der Waals surface area (Å²) in [6.07, 6.45) is 0. The minimum atomic E-state index is -0.539. The Hall–Kier alpha value is -2.01. The quantitative estimate of drug-likeness (QED) is 0.853. The number of amides is 2. The van der Waals surface area contributed by atoms with E-state index in [1.807, 2.05) is 0 Å². The topological polar surface area (TPSA) is 58.6 Å².